The van der Waals surface area contributed by atoms with Crippen molar-refractivity contribution < 1.29 is 0 Å². The third-order valence-electron chi connectivity index (χ3n) is 1.21. The standard InChI is InChI=1S/C7H6ClN/c8-7-4-2-1-3-6(7)5-9/h1,3-4,6H,2H2. The Morgan fingerprint density at radius 3 is 3.00 bits per heavy atom. The summed E-state index contributed by atoms with van der Waals surface area (Å²) in [6.07, 6.45) is 6.48. The summed E-state index contributed by atoms with van der Waals surface area (Å²) in [6, 6.07) is 2.07. The Morgan fingerprint density at radius 2 is 2.56 bits per heavy atom. The van der Waals surface area contributed by atoms with Crippen LogP contribution in [-0.4, -0.2) is 0 Å². The molecule has 0 amide bonds. The Hall–Kier alpha value is -0.740. The lowest BCUT2D eigenvalue weighted by Gasteiger charge is -2.04. The molecule has 9 heavy (non-hydrogen) atoms. The number of nitrogens with zero attached hydrogens (tertiary/aromatic N) is 1. The van der Waals surface area contributed by atoms with E-state index < -0.39 is 0 Å². The van der Waals surface area contributed by atoms with Crippen LogP contribution < -0.4 is 0 Å². The molecule has 0 saturated heterocycles. The molecule has 0 aromatic rings. The minimum absolute atomic E-state index is 0.194. The van der Waals surface area contributed by atoms with Crippen molar-refractivity contribution in [1.82, 2.24) is 0 Å². The van der Waals surface area contributed by atoms with Crippen LogP contribution in [0.3, 0.4) is 0 Å². The van der Waals surface area contributed by atoms with Crippen molar-refractivity contribution in [2.75, 3.05) is 0 Å². The van der Waals surface area contributed by atoms with Crippen LogP contribution in [0.4, 0.5) is 0 Å². The van der Waals surface area contributed by atoms with Gasteiger partial charge in [0.1, 0.15) is 0 Å². The lowest BCUT2D eigenvalue weighted by molar-refractivity contribution is 1.01. The van der Waals surface area contributed by atoms with Gasteiger partial charge in [-0.05, 0) is 6.42 Å². The second-order valence-electron chi connectivity index (χ2n) is 1.86. The van der Waals surface area contributed by atoms with Gasteiger partial charge in [-0.25, -0.2) is 0 Å². The monoisotopic (exact) mass is 139 g/mol. The van der Waals surface area contributed by atoms with Crippen LogP contribution in [0, 0.1) is 17.2 Å². The molecule has 1 aliphatic carbocycles. The molecule has 1 aliphatic rings. The van der Waals surface area contributed by atoms with E-state index in [2.05, 4.69) is 6.07 Å². The molecular weight excluding hydrogens is 134 g/mol. The fourth-order valence-electron chi connectivity index (χ4n) is 0.719. The Kier molecular flexibility index (Phi) is 1.92. The van der Waals surface area contributed by atoms with Crippen molar-refractivity contribution in [3.8, 4) is 6.07 Å². The highest BCUT2D eigenvalue weighted by Gasteiger charge is 2.08. The lowest BCUT2D eigenvalue weighted by Crippen LogP contribution is -1.94. The van der Waals surface area contributed by atoms with Crippen LogP contribution in [0.1, 0.15) is 6.42 Å². The summed E-state index contributed by atoms with van der Waals surface area (Å²) in [5.41, 5.74) is 0. The second kappa shape index (κ2) is 2.70. The van der Waals surface area contributed by atoms with Crippen molar-refractivity contribution in [3.05, 3.63) is 23.3 Å². The van der Waals surface area contributed by atoms with Crippen molar-refractivity contribution in [3.63, 3.8) is 0 Å². The molecule has 0 aliphatic heterocycles. The SMILES string of the molecule is N#CC1C=CCC=C1Cl. The molecule has 1 unspecified atom stereocenters. The predicted octanol–water partition coefficient (Wildman–Crippen LogP) is 2.21. The highest BCUT2D eigenvalue weighted by Crippen LogP contribution is 2.20. The summed E-state index contributed by atoms with van der Waals surface area (Å²) < 4.78 is 0. The molecule has 0 heterocycles. The highest BCUT2D eigenvalue weighted by molar-refractivity contribution is 6.30. The molecular formula is C7H6ClN. The number of allylic oxidation sites excluding steroid dienone is 4. The first-order chi connectivity index (χ1) is 4.34. The predicted molar refractivity (Wildman–Crippen MR) is 36.8 cm³/mol. The van der Waals surface area contributed by atoms with Crippen LogP contribution in [0.25, 0.3) is 0 Å². The largest absolute Gasteiger partial charge is 0.197 e. The van der Waals surface area contributed by atoms with Gasteiger partial charge in [0, 0.05) is 5.03 Å². The molecule has 2 heteroatoms. The van der Waals surface area contributed by atoms with Crippen molar-refractivity contribution in [2.24, 2.45) is 5.92 Å². The number of halogens is 1. The summed E-state index contributed by atoms with van der Waals surface area (Å²) in [4.78, 5) is 0. The molecule has 0 bridgehead atoms. The second-order valence-corrected chi connectivity index (χ2v) is 2.30. The molecule has 0 radical (unpaired) electrons. The first-order valence-electron chi connectivity index (χ1n) is 2.76. The minimum atomic E-state index is -0.194. The van der Waals surface area contributed by atoms with Gasteiger partial charge in [-0.3, -0.25) is 0 Å². The Balaban J connectivity index is 2.73. The van der Waals surface area contributed by atoms with Crippen molar-refractivity contribution >= 4 is 11.6 Å². The average Bonchev–Trinajstić information content (AvgIpc) is 1.89. The third-order valence-corrected chi connectivity index (χ3v) is 1.60. The topological polar surface area (TPSA) is 23.8 Å². The molecule has 0 N–H and O–H groups in total. The molecule has 0 saturated carbocycles. The smallest absolute Gasteiger partial charge is 0.0996 e. The number of hydrogen-bond donors (Lipinski definition) is 0. The fraction of sp³-hybridized carbons (Fsp3) is 0.286. The molecule has 1 nitrogen and oxygen atoms in total. The maximum Gasteiger partial charge on any atom is 0.0996 e. The van der Waals surface area contributed by atoms with Gasteiger partial charge >= 0.3 is 0 Å². The molecule has 1 atom stereocenters. The molecule has 46 valence electrons. The minimum Gasteiger partial charge on any atom is -0.197 e. The first-order valence-corrected chi connectivity index (χ1v) is 3.14. The Bertz CT molecular complexity index is 197. The highest BCUT2D eigenvalue weighted by atomic mass is 35.5. The summed E-state index contributed by atoms with van der Waals surface area (Å²) in [6.45, 7) is 0. The summed E-state index contributed by atoms with van der Waals surface area (Å²) in [7, 11) is 0. The average molecular weight is 140 g/mol. The maximum absolute atomic E-state index is 8.43. The fourth-order valence-corrected chi connectivity index (χ4v) is 0.929. The van der Waals surface area contributed by atoms with Crippen LogP contribution in [-0.2, 0) is 0 Å². The zero-order valence-corrected chi connectivity index (χ0v) is 5.60. The van der Waals surface area contributed by atoms with Crippen LogP contribution in [0.15, 0.2) is 23.3 Å². The van der Waals surface area contributed by atoms with E-state index in [1.165, 1.54) is 0 Å². The van der Waals surface area contributed by atoms with Gasteiger partial charge in [0.15, 0.2) is 0 Å². The first kappa shape index (κ1) is 6.38. The normalized spacial score (nSPS) is 24.9. The summed E-state index contributed by atoms with van der Waals surface area (Å²) >= 11 is 5.67. The van der Waals surface area contributed by atoms with Gasteiger partial charge in [0.05, 0.1) is 12.0 Å². The van der Waals surface area contributed by atoms with Gasteiger partial charge in [0.2, 0.25) is 0 Å². The molecule has 0 fully saturated rings. The van der Waals surface area contributed by atoms with Crippen LogP contribution >= 0.6 is 11.6 Å². The van der Waals surface area contributed by atoms with Gasteiger partial charge < -0.3 is 0 Å². The van der Waals surface area contributed by atoms with Gasteiger partial charge in [-0.1, -0.05) is 29.8 Å². The van der Waals surface area contributed by atoms with Crippen LogP contribution in [0.2, 0.25) is 0 Å². The van der Waals surface area contributed by atoms with E-state index in [1.54, 1.807) is 0 Å². The molecule has 0 aromatic heterocycles. The van der Waals surface area contributed by atoms with Crippen molar-refractivity contribution in [1.29, 1.82) is 5.26 Å². The Labute approximate surface area is 59.2 Å². The molecule has 0 aromatic carbocycles. The van der Waals surface area contributed by atoms with Gasteiger partial charge in [-0.15, -0.1) is 0 Å². The van der Waals surface area contributed by atoms with Crippen LogP contribution in [0.5, 0.6) is 0 Å². The zero-order valence-electron chi connectivity index (χ0n) is 4.84. The third kappa shape index (κ3) is 1.34. The van der Waals surface area contributed by atoms with E-state index in [-0.39, 0.29) is 5.92 Å². The van der Waals surface area contributed by atoms with E-state index in [0.29, 0.717) is 5.03 Å². The number of nitriles is 1. The molecule has 1 rings (SSSR count). The summed E-state index contributed by atoms with van der Waals surface area (Å²) in [5.74, 6) is -0.194. The quantitative estimate of drug-likeness (QED) is 0.472. The number of rotatable bonds is 0. The van der Waals surface area contributed by atoms with Gasteiger partial charge in [0.25, 0.3) is 0 Å². The maximum atomic E-state index is 8.43. The number of hydrogen-bond acceptors (Lipinski definition) is 1. The van der Waals surface area contributed by atoms with E-state index in [9.17, 15) is 0 Å². The van der Waals surface area contributed by atoms with Crippen molar-refractivity contribution in [2.45, 2.75) is 6.42 Å². The molecule has 0 spiro atoms. The lowest BCUT2D eigenvalue weighted by atomic mass is 10.1. The van der Waals surface area contributed by atoms with E-state index >= 15 is 0 Å². The zero-order chi connectivity index (χ0) is 6.69. The Morgan fingerprint density at radius 1 is 1.78 bits per heavy atom. The van der Waals surface area contributed by atoms with E-state index in [4.69, 9.17) is 16.9 Å². The summed E-state index contributed by atoms with van der Waals surface area (Å²) in [5, 5.41) is 9.09. The van der Waals surface area contributed by atoms with E-state index in [0.717, 1.165) is 6.42 Å². The van der Waals surface area contributed by atoms with Gasteiger partial charge in [-0.2, -0.15) is 5.26 Å². The van der Waals surface area contributed by atoms with E-state index in [1.807, 2.05) is 18.2 Å².